The lowest BCUT2D eigenvalue weighted by Gasteiger charge is -2.07. The van der Waals surface area contributed by atoms with E-state index in [-0.39, 0.29) is 10.3 Å². The SMILES string of the molecule is C[SiH](C)c1c(F)c(Cl)cc[n+]1[O-]. The number of hydrogen-bond acceptors (Lipinski definition) is 1. The molecule has 0 spiro atoms. The highest BCUT2D eigenvalue weighted by Crippen LogP contribution is 2.09. The molecule has 1 rings (SSSR count). The molecule has 0 aliphatic rings. The average Bonchev–Trinajstić information content (AvgIpc) is 1.97. The van der Waals surface area contributed by atoms with Gasteiger partial charge in [0.25, 0.3) is 0 Å². The molecular weight excluding hydrogens is 197 g/mol. The Bertz CT molecular complexity index is 306. The maximum atomic E-state index is 13.2. The molecule has 0 saturated carbocycles. The summed E-state index contributed by atoms with van der Waals surface area (Å²) in [7, 11) is -1.44. The summed E-state index contributed by atoms with van der Waals surface area (Å²) in [5.41, 5.74) is 0. The topological polar surface area (TPSA) is 26.9 Å². The first-order chi connectivity index (χ1) is 5.54. The number of nitrogens with zero attached hydrogens (tertiary/aromatic N) is 1. The number of rotatable bonds is 1. The van der Waals surface area contributed by atoms with Crippen molar-refractivity contribution < 1.29 is 9.12 Å². The van der Waals surface area contributed by atoms with Gasteiger partial charge in [0.2, 0.25) is 5.82 Å². The molecule has 0 radical (unpaired) electrons. The minimum Gasteiger partial charge on any atom is -0.619 e. The van der Waals surface area contributed by atoms with Crippen molar-refractivity contribution in [1.29, 1.82) is 0 Å². The summed E-state index contributed by atoms with van der Waals surface area (Å²) in [6.07, 6.45) is 1.24. The fourth-order valence-electron chi connectivity index (χ4n) is 1.01. The monoisotopic (exact) mass is 205 g/mol. The van der Waals surface area contributed by atoms with Crippen LogP contribution in [-0.4, -0.2) is 8.80 Å². The van der Waals surface area contributed by atoms with E-state index in [1.807, 2.05) is 13.1 Å². The Morgan fingerprint density at radius 2 is 2.17 bits per heavy atom. The Morgan fingerprint density at radius 1 is 1.58 bits per heavy atom. The molecule has 1 heterocycles. The lowest BCUT2D eigenvalue weighted by atomic mass is 10.5. The van der Waals surface area contributed by atoms with E-state index in [0.29, 0.717) is 4.73 Å². The molecule has 2 nitrogen and oxygen atoms in total. The average molecular weight is 206 g/mol. The lowest BCUT2D eigenvalue weighted by molar-refractivity contribution is -0.588. The summed E-state index contributed by atoms with van der Waals surface area (Å²) in [6, 6.07) is 1.27. The minimum atomic E-state index is -1.44. The third kappa shape index (κ3) is 1.59. The molecule has 0 atom stereocenters. The molecule has 0 aliphatic carbocycles. The standard InChI is InChI=1S/C7H9ClFNOSi/c1-12(2)7-6(9)5(8)3-4-10(7)11/h3-4,12H,1-2H3. The van der Waals surface area contributed by atoms with Crippen LogP contribution in [0.5, 0.6) is 0 Å². The van der Waals surface area contributed by atoms with E-state index in [9.17, 15) is 9.60 Å². The number of hydrogen-bond donors (Lipinski definition) is 0. The molecule has 0 fully saturated rings. The van der Waals surface area contributed by atoms with Crippen LogP contribution in [0.3, 0.4) is 0 Å². The van der Waals surface area contributed by atoms with Crippen LogP contribution in [0.2, 0.25) is 18.1 Å². The van der Waals surface area contributed by atoms with Gasteiger partial charge in [0.1, 0.15) is 0 Å². The summed E-state index contributed by atoms with van der Waals surface area (Å²) in [5.74, 6) is -0.559. The van der Waals surface area contributed by atoms with Crippen LogP contribution in [0.25, 0.3) is 0 Å². The van der Waals surface area contributed by atoms with Crippen LogP contribution in [0, 0.1) is 11.0 Å². The maximum absolute atomic E-state index is 13.2. The van der Waals surface area contributed by atoms with Crippen LogP contribution < -0.4 is 10.0 Å². The summed E-state index contributed by atoms with van der Waals surface area (Å²) in [6.45, 7) is 3.76. The van der Waals surface area contributed by atoms with Crippen LogP contribution in [0.15, 0.2) is 12.3 Å². The zero-order valence-electron chi connectivity index (χ0n) is 6.84. The van der Waals surface area contributed by atoms with Crippen molar-refractivity contribution in [1.82, 2.24) is 0 Å². The van der Waals surface area contributed by atoms with Gasteiger partial charge in [-0.25, -0.2) is 0 Å². The van der Waals surface area contributed by atoms with E-state index in [0.717, 1.165) is 0 Å². The van der Waals surface area contributed by atoms with E-state index >= 15 is 0 Å². The predicted octanol–water partition coefficient (Wildman–Crippen LogP) is 0.806. The Hall–Kier alpha value is -0.613. The summed E-state index contributed by atoms with van der Waals surface area (Å²) in [4.78, 5) is 0. The van der Waals surface area contributed by atoms with Crippen LogP contribution in [-0.2, 0) is 0 Å². The van der Waals surface area contributed by atoms with Gasteiger partial charge in [-0.1, -0.05) is 24.7 Å². The van der Waals surface area contributed by atoms with Gasteiger partial charge in [0, 0.05) is 6.07 Å². The number of aromatic nitrogens is 1. The highest BCUT2D eigenvalue weighted by atomic mass is 35.5. The van der Waals surface area contributed by atoms with Crippen LogP contribution in [0.4, 0.5) is 4.39 Å². The lowest BCUT2D eigenvalue weighted by Crippen LogP contribution is -2.53. The molecule has 66 valence electrons. The molecule has 0 N–H and O–H groups in total. The Balaban J connectivity index is 3.33. The van der Waals surface area contributed by atoms with Gasteiger partial charge in [-0.15, -0.1) is 0 Å². The molecule has 12 heavy (non-hydrogen) atoms. The third-order valence-corrected chi connectivity index (χ3v) is 3.47. The zero-order chi connectivity index (χ0) is 9.30. The first-order valence-corrected chi connectivity index (χ1v) is 6.87. The third-order valence-electron chi connectivity index (χ3n) is 1.58. The molecule has 1 aromatic rings. The molecule has 0 aromatic carbocycles. The first-order valence-electron chi connectivity index (χ1n) is 3.61. The number of pyridine rings is 1. The normalized spacial score (nSPS) is 10.8. The second kappa shape index (κ2) is 3.41. The zero-order valence-corrected chi connectivity index (χ0v) is 8.75. The fourth-order valence-corrected chi connectivity index (χ4v) is 2.52. The van der Waals surface area contributed by atoms with Gasteiger partial charge in [-0.05, 0) is 0 Å². The van der Waals surface area contributed by atoms with Gasteiger partial charge in [0.05, 0.1) is 5.02 Å². The van der Waals surface area contributed by atoms with E-state index < -0.39 is 14.6 Å². The molecule has 0 amide bonds. The van der Waals surface area contributed by atoms with Gasteiger partial charge in [0.15, 0.2) is 20.3 Å². The Morgan fingerprint density at radius 3 is 2.58 bits per heavy atom. The van der Waals surface area contributed by atoms with E-state index in [4.69, 9.17) is 11.6 Å². The van der Waals surface area contributed by atoms with Crippen molar-refractivity contribution in [3.63, 3.8) is 0 Å². The van der Waals surface area contributed by atoms with Crippen LogP contribution >= 0.6 is 11.6 Å². The molecule has 5 heteroatoms. The molecular formula is C7H9ClFNOSi. The number of halogens is 2. The summed E-state index contributed by atoms with van der Waals surface area (Å²) < 4.78 is 13.8. The minimum absolute atomic E-state index is 0.0262. The van der Waals surface area contributed by atoms with Gasteiger partial charge < -0.3 is 5.21 Å². The molecule has 1 aromatic heterocycles. The van der Waals surface area contributed by atoms with E-state index in [2.05, 4.69) is 0 Å². The van der Waals surface area contributed by atoms with Crippen molar-refractivity contribution in [2.24, 2.45) is 0 Å². The molecule has 0 bridgehead atoms. The second-order valence-electron chi connectivity index (χ2n) is 2.84. The van der Waals surface area contributed by atoms with Crippen molar-refractivity contribution in [3.8, 4) is 0 Å². The van der Waals surface area contributed by atoms with Crippen LogP contribution in [0.1, 0.15) is 0 Å². The molecule has 0 unspecified atom stereocenters. The predicted molar refractivity (Wildman–Crippen MR) is 48.9 cm³/mol. The first kappa shape index (κ1) is 9.47. The van der Waals surface area contributed by atoms with Gasteiger partial charge >= 0.3 is 0 Å². The molecule has 0 saturated heterocycles. The van der Waals surface area contributed by atoms with Crippen molar-refractivity contribution in [3.05, 3.63) is 28.3 Å². The Kier molecular flexibility index (Phi) is 2.69. The smallest absolute Gasteiger partial charge is 0.203 e. The quantitative estimate of drug-likeness (QED) is 0.379. The summed E-state index contributed by atoms with van der Waals surface area (Å²) >= 11 is 5.52. The van der Waals surface area contributed by atoms with Gasteiger partial charge in [-0.3, -0.25) is 0 Å². The van der Waals surface area contributed by atoms with Crippen molar-refractivity contribution >= 4 is 25.7 Å². The maximum Gasteiger partial charge on any atom is 0.203 e. The van der Waals surface area contributed by atoms with Gasteiger partial charge in [-0.2, -0.15) is 9.12 Å². The highest BCUT2D eigenvalue weighted by molar-refractivity contribution is 6.69. The highest BCUT2D eigenvalue weighted by Gasteiger charge is 2.20. The van der Waals surface area contributed by atoms with Crippen molar-refractivity contribution in [2.45, 2.75) is 13.1 Å². The molecule has 0 aliphatic heterocycles. The largest absolute Gasteiger partial charge is 0.619 e. The van der Waals surface area contributed by atoms with E-state index in [1.165, 1.54) is 12.3 Å². The second-order valence-corrected chi connectivity index (χ2v) is 6.11. The van der Waals surface area contributed by atoms with Crippen molar-refractivity contribution in [2.75, 3.05) is 0 Å². The van der Waals surface area contributed by atoms with E-state index in [1.54, 1.807) is 0 Å². The fraction of sp³-hybridized carbons (Fsp3) is 0.286. The Labute approximate surface area is 76.8 Å². The summed E-state index contributed by atoms with van der Waals surface area (Å²) in [5, 5.41) is 11.3.